The summed E-state index contributed by atoms with van der Waals surface area (Å²) in [5, 5.41) is 11.2. The van der Waals surface area contributed by atoms with Gasteiger partial charge in [0.05, 0.1) is 17.0 Å². The van der Waals surface area contributed by atoms with Crippen molar-refractivity contribution in [2.45, 2.75) is 23.5 Å². The molecule has 1 N–H and O–H groups in total. The molecule has 1 aliphatic heterocycles. The van der Waals surface area contributed by atoms with Crippen molar-refractivity contribution in [1.29, 1.82) is 0 Å². The zero-order chi connectivity index (χ0) is 15.9. The van der Waals surface area contributed by atoms with E-state index in [-0.39, 0.29) is 4.90 Å². The lowest BCUT2D eigenvalue weighted by Gasteiger charge is -2.37. The second-order valence-electron chi connectivity index (χ2n) is 5.41. The van der Waals surface area contributed by atoms with E-state index in [1.807, 2.05) is 12.1 Å². The number of rotatable bonds is 2. The lowest BCUT2D eigenvalue weighted by atomic mass is 9.96. The summed E-state index contributed by atoms with van der Waals surface area (Å²) in [6.07, 6.45) is -0.477. The van der Waals surface area contributed by atoms with Gasteiger partial charge in [0.15, 0.2) is 0 Å². The van der Waals surface area contributed by atoms with E-state index >= 15 is 0 Å². The molecular formula is C16H16ClNO3S. The minimum absolute atomic E-state index is 0.173. The highest BCUT2D eigenvalue weighted by molar-refractivity contribution is 7.89. The van der Waals surface area contributed by atoms with Crippen LogP contribution < -0.4 is 0 Å². The number of hydrogen-bond acceptors (Lipinski definition) is 3. The lowest BCUT2D eigenvalue weighted by Crippen LogP contribution is -2.46. The molecule has 3 rings (SSSR count). The molecule has 1 aliphatic rings. The molecule has 22 heavy (non-hydrogen) atoms. The molecule has 0 saturated heterocycles. The topological polar surface area (TPSA) is 57.6 Å². The third kappa shape index (κ3) is 2.54. The Morgan fingerprint density at radius 1 is 1.18 bits per heavy atom. The first-order chi connectivity index (χ1) is 10.4. The number of aliphatic hydroxyl groups is 1. The van der Waals surface area contributed by atoms with Gasteiger partial charge >= 0.3 is 0 Å². The van der Waals surface area contributed by atoms with Crippen molar-refractivity contribution in [3.05, 3.63) is 64.7 Å². The number of sulfonamides is 1. The van der Waals surface area contributed by atoms with Crippen LogP contribution in [0, 0.1) is 0 Å². The molecule has 1 heterocycles. The largest absolute Gasteiger partial charge is 0.387 e. The van der Waals surface area contributed by atoms with Crippen molar-refractivity contribution < 1.29 is 13.5 Å². The van der Waals surface area contributed by atoms with Gasteiger partial charge < -0.3 is 5.11 Å². The fourth-order valence-electron chi connectivity index (χ4n) is 2.84. The first-order valence-electron chi connectivity index (χ1n) is 6.91. The molecule has 116 valence electrons. The average molecular weight is 338 g/mol. The van der Waals surface area contributed by atoms with E-state index < -0.39 is 22.2 Å². The van der Waals surface area contributed by atoms with Crippen LogP contribution in [-0.4, -0.2) is 30.9 Å². The van der Waals surface area contributed by atoms with Gasteiger partial charge in [0, 0.05) is 17.6 Å². The van der Waals surface area contributed by atoms with Crippen LogP contribution in [-0.2, 0) is 16.4 Å². The number of halogens is 1. The Labute approximate surface area is 135 Å². The Morgan fingerprint density at radius 2 is 1.91 bits per heavy atom. The normalized spacial score (nSPS) is 24.0. The second-order valence-corrected chi connectivity index (χ2v) is 7.81. The van der Waals surface area contributed by atoms with Gasteiger partial charge in [0.2, 0.25) is 10.0 Å². The Hall–Kier alpha value is -1.40. The van der Waals surface area contributed by atoms with Gasteiger partial charge in [-0.25, -0.2) is 8.42 Å². The van der Waals surface area contributed by atoms with Crippen LogP contribution in [0.4, 0.5) is 0 Å². The number of likely N-dealkylation sites (N-methyl/N-ethyl adjacent to an activating group) is 1. The van der Waals surface area contributed by atoms with Gasteiger partial charge in [-0.15, -0.1) is 0 Å². The summed E-state index contributed by atoms with van der Waals surface area (Å²) < 4.78 is 26.5. The van der Waals surface area contributed by atoms with Crippen molar-refractivity contribution in [3.63, 3.8) is 0 Å². The minimum Gasteiger partial charge on any atom is -0.387 e. The Balaban J connectivity index is 2.03. The first-order valence-corrected chi connectivity index (χ1v) is 8.72. The van der Waals surface area contributed by atoms with E-state index in [1.165, 1.54) is 17.4 Å². The number of fused-ring (bicyclic) bond motifs is 1. The lowest BCUT2D eigenvalue weighted by molar-refractivity contribution is 0.0892. The highest BCUT2D eigenvalue weighted by Crippen LogP contribution is 2.37. The highest BCUT2D eigenvalue weighted by Gasteiger charge is 2.41. The number of nitrogens with zero attached hydrogens (tertiary/aromatic N) is 1. The summed E-state index contributed by atoms with van der Waals surface area (Å²) >= 11 is 5.98. The predicted molar refractivity (Wildman–Crippen MR) is 85.3 cm³/mol. The molecule has 0 radical (unpaired) electrons. The standard InChI is InChI=1S/C16H16ClNO3S/c1-18-14(10-11-5-4-6-12(17)9-11)16(19)13-7-2-3-8-15(13)22(18,20)21/h2-9,14,16,19H,10H2,1H3/t14-,16+/m1/s1. The molecule has 0 unspecified atom stereocenters. The second kappa shape index (κ2) is 5.66. The van der Waals surface area contributed by atoms with Gasteiger partial charge in [-0.05, 0) is 30.2 Å². The molecule has 2 aromatic carbocycles. The molecule has 4 nitrogen and oxygen atoms in total. The summed E-state index contributed by atoms with van der Waals surface area (Å²) in [5.74, 6) is 0. The van der Waals surface area contributed by atoms with Crippen molar-refractivity contribution in [2.75, 3.05) is 7.05 Å². The molecule has 0 bridgehead atoms. The highest BCUT2D eigenvalue weighted by atomic mass is 35.5. The van der Waals surface area contributed by atoms with Crippen LogP contribution in [0.3, 0.4) is 0 Å². The molecule has 0 saturated carbocycles. The predicted octanol–water partition coefficient (Wildman–Crippen LogP) is 2.62. The van der Waals surface area contributed by atoms with Crippen LogP contribution in [0.15, 0.2) is 53.4 Å². The van der Waals surface area contributed by atoms with Crippen LogP contribution in [0.25, 0.3) is 0 Å². The van der Waals surface area contributed by atoms with E-state index in [1.54, 1.807) is 30.3 Å². The molecule has 2 aromatic rings. The van der Waals surface area contributed by atoms with E-state index in [9.17, 15) is 13.5 Å². The minimum atomic E-state index is -3.59. The quantitative estimate of drug-likeness (QED) is 0.916. The van der Waals surface area contributed by atoms with Gasteiger partial charge in [0.25, 0.3) is 0 Å². The van der Waals surface area contributed by atoms with E-state index in [0.717, 1.165) is 5.56 Å². The number of aliphatic hydroxyl groups excluding tert-OH is 1. The molecule has 6 heteroatoms. The molecule has 0 fully saturated rings. The van der Waals surface area contributed by atoms with Crippen molar-refractivity contribution in [3.8, 4) is 0 Å². The maximum atomic E-state index is 12.6. The van der Waals surface area contributed by atoms with Gasteiger partial charge in [0.1, 0.15) is 0 Å². The van der Waals surface area contributed by atoms with Crippen molar-refractivity contribution in [2.24, 2.45) is 0 Å². The van der Waals surface area contributed by atoms with Gasteiger partial charge in [-0.3, -0.25) is 0 Å². The summed E-state index contributed by atoms with van der Waals surface area (Å²) in [4.78, 5) is 0.173. The number of hydrogen-bond donors (Lipinski definition) is 1. The van der Waals surface area contributed by atoms with E-state index in [4.69, 9.17) is 11.6 Å². The molecule has 0 amide bonds. The molecule has 0 spiro atoms. The van der Waals surface area contributed by atoms with Crippen LogP contribution in [0.1, 0.15) is 17.2 Å². The van der Waals surface area contributed by atoms with E-state index in [2.05, 4.69) is 0 Å². The monoisotopic (exact) mass is 337 g/mol. The molecule has 0 aromatic heterocycles. The third-order valence-corrected chi connectivity index (χ3v) is 6.25. The van der Waals surface area contributed by atoms with Gasteiger partial charge in [-0.1, -0.05) is 41.9 Å². The first kappa shape index (κ1) is 15.5. The van der Waals surface area contributed by atoms with Crippen LogP contribution in [0.2, 0.25) is 5.02 Å². The summed E-state index contributed by atoms with van der Waals surface area (Å²) in [6, 6.07) is 13.3. The summed E-state index contributed by atoms with van der Waals surface area (Å²) in [5.41, 5.74) is 1.34. The Bertz CT molecular complexity index is 807. The average Bonchev–Trinajstić information content (AvgIpc) is 2.50. The Morgan fingerprint density at radius 3 is 2.64 bits per heavy atom. The smallest absolute Gasteiger partial charge is 0.243 e. The van der Waals surface area contributed by atoms with Crippen molar-refractivity contribution in [1.82, 2.24) is 4.31 Å². The summed E-state index contributed by atoms with van der Waals surface area (Å²) in [7, 11) is -2.09. The maximum Gasteiger partial charge on any atom is 0.243 e. The van der Waals surface area contributed by atoms with Crippen molar-refractivity contribution >= 4 is 21.6 Å². The Kier molecular flexibility index (Phi) is 3.99. The molecule has 0 aliphatic carbocycles. The van der Waals surface area contributed by atoms with Crippen LogP contribution >= 0.6 is 11.6 Å². The van der Waals surface area contributed by atoms with E-state index in [0.29, 0.717) is 17.0 Å². The van der Waals surface area contributed by atoms with Crippen LogP contribution in [0.5, 0.6) is 0 Å². The fraction of sp³-hybridized carbons (Fsp3) is 0.250. The molecule has 2 atom stereocenters. The third-order valence-electron chi connectivity index (χ3n) is 4.06. The zero-order valence-corrected chi connectivity index (χ0v) is 13.6. The fourth-order valence-corrected chi connectivity index (χ4v) is 4.65. The molecular weight excluding hydrogens is 322 g/mol. The number of benzene rings is 2. The SMILES string of the molecule is CN1[C@H](Cc2cccc(Cl)c2)[C@@H](O)c2ccccc2S1(=O)=O. The zero-order valence-electron chi connectivity index (χ0n) is 12.0. The summed E-state index contributed by atoms with van der Waals surface area (Å²) in [6.45, 7) is 0. The maximum absolute atomic E-state index is 12.6. The van der Waals surface area contributed by atoms with Gasteiger partial charge in [-0.2, -0.15) is 4.31 Å².